The van der Waals surface area contributed by atoms with Gasteiger partial charge in [-0.1, -0.05) is 69.2 Å². The molecule has 148 valence electrons. The number of hydrogen-bond acceptors (Lipinski definition) is 0. The summed E-state index contributed by atoms with van der Waals surface area (Å²) < 4.78 is 75.9. The molecule has 0 fully saturated rings. The maximum absolute atomic E-state index is 12.7. The Kier molecular flexibility index (Phi) is 8.93. The van der Waals surface area contributed by atoms with Crippen molar-refractivity contribution in [2.24, 2.45) is 34.5 Å². The molecule has 0 atom stereocenters. The van der Waals surface area contributed by atoms with Crippen LogP contribution in [-0.4, -0.2) is 12.4 Å². The number of hydrogen-bond donors (Lipinski definition) is 0. The van der Waals surface area contributed by atoms with Crippen LogP contribution in [0.15, 0.2) is 0 Å². The molecule has 0 aliphatic rings. The van der Waals surface area contributed by atoms with E-state index in [9.17, 15) is 26.3 Å². The van der Waals surface area contributed by atoms with Gasteiger partial charge in [-0.2, -0.15) is 26.3 Å². The van der Waals surface area contributed by atoms with Crippen molar-refractivity contribution < 1.29 is 26.3 Å². The van der Waals surface area contributed by atoms with E-state index in [0.29, 0.717) is 5.41 Å². The minimum Gasteiger partial charge on any atom is -0.170 e. The zero-order valence-corrected chi connectivity index (χ0v) is 16.6. The van der Waals surface area contributed by atoms with Crippen LogP contribution in [0.4, 0.5) is 26.3 Å². The highest BCUT2D eigenvalue weighted by Crippen LogP contribution is 2.59. The maximum atomic E-state index is 12.7. The SMILES string of the molecule is CC(C)C(C(C)C)(C(F)(F)F)C(F)(F)F.CC(C)C(C)(C)C(C)C. The smallest absolute Gasteiger partial charge is 0.170 e. The Morgan fingerprint density at radius 2 is 0.667 bits per heavy atom. The van der Waals surface area contributed by atoms with Gasteiger partial charge in [0.05, 0.1) is 0 Å². The van der Waals surface area contributed by atoms with Crippen LogP contribution in [0.1, 0.15) is 69.2 Å². The van der Waals surface area contributed by atoms with Gasteiger partial charge in [0.15, 0.2) is 5.41 Å². The third kappa shape index (κ3) is 5.29. The topological polar surface area (TPSA) is 0 Å². The molecule has 0 aliphatic carbocycles. The zero-order valence-electron chi connectivity index (χ0n) is 16.6. The first-order valence-corrected chi connectivity index (χ1v) is 8.41. The Bertz CT molecular complexity index is 325. The minimum atomic E-state index is -5.28. The molecule has 0 nitrogen and oxygen atoms in total. The zero-order chi connectivity index (χ0) is 20.3. The molecule has 0 N–H and O–H groups in total. The Hall–Kier alpha value is -0.420. The third-order valence-corrected chi connectivity index (χ3v) is 5.74. The van der Waals surface area contributed by atoms with Crippen LogP contribution in [-0.2, 0) is 0 Å². The molecule has 6 heteroatoms. The Labute approximate surface area is 143 Å². The summed E-state index contributed by atoms with van der Waals surface area (Å²) in [6, 6.07) is 0. The summed E-state index contributed by atoms with van der Waals surface area (Å²) >= 11 is 0. The third-order valence-electron chi connectivity index (χ3n) is 5.74. The molecule has 0 unspecified atom stereocenters. The molecule has 0 amide bonds. The highest BCUT2D eigenvalue weighted by molar-refractivity contribution is 4.97. The summed E-state index contributed by atoms with van der Waals surface area (Å²) in [4.78, 5) is 0. The quantitative estimate of drug-likeness (QED) is 0.448. The summed E-state index contributed by atoms with van der Waals surface area (Å²) in [7, 11) is 0. The fourth-order valence-corrected chi connectivity index (χ4v) is 2.80. The lowest BCUT2D eigenvalue weighted by molar-refractivity contribution is -0.370. The van der Waals surface area contributed by atoms with Gasteiger partial charge in [0.2, 0.25) is 0 Å². The second-order valence-electron chi connectivity index (χ2n) is 8.30. The molecule has 0 aromatic rings. The van der Waals surface area contributed by atoms with Crippen LogP contribution in [0, 0.1) is 34.5 Å². The lowest BCUT2D eigenvalue weighted by Gasteiger charge is -2.43. The van der Waals surface area contributed by atoms with E-state index < -0.39 is 29.6 Å². The molecule has 24 heavy (non-hydrogen) atoms. The first-order chi connectivity index (χ1) is 10.3. The van der Waals surface area contributed by atoms with Gasteiger partial charge in [-0.15, -0.1) is 0 Å². The van der Waals surface area contributed by atoms with E-state index in [0.717, 1.165) is 39.5 Å². The maximum Gasteiger partial charge on any atom is 0.403 e. The molecule has 0 aliphatic heterocycles. The molecule has 0 saturated heterocycles. The normalized spacial score (nSPS) is 14.5. The van der Waals surface area contributed by atoms with Crippen LogP contribution < -0.4 is 0 Å². The van der Waals surface area contributed by atoms with E-state index in [1.54, 1.807) is 0 Å². The van der Waals surface area contributed by atoms with Crippen molar-refractivity contribution in [2.45, 2.75) is 81.6 Å². The summed E-state index contributed by atoms with van der Waals surface area (Å²) in [5, 5.41) is 0. The van der Waals surface area contributed by atoms with Gasteiger partial charge in [0.1, 0.15) is 0 Å². The van der Waals surface area contributed by atoms with Crippen molar-refractivity contribution in [3.05, 3.63) is 0 Å². The minimum absolute atomic E-state index is 0.500. The standard InChI is InChI=1S/C9H14F6.C9H20/c1-5(2)7(6(3)4,8(10,11)12)9(13,14)15;1-7(2)9(5,6)8(3)4/h5-6H,1-4H3;7-8H,1-6H3. The Morgan fingerprint density at radius 3 is 0.667 bits per heavy atom. The Morgan fingerprint density at radius 1 is 0.458 bits per heavy atom. The monoisotopic (exact) mass is 364 g/mol. The first-order valence-electron chi connectivity index (χ1n) is 8.41. The van der Waals surface area contributed by atoms with Crippen molar-refractivity contribution in [1.82, 2.24) is 0 Å². The van der Waals surface area contributed by atoms with Gasteiger partial charge in [-0.25, -0.2) is 0 Å². The summed E-state index contributed by atoms with van der Waals surface area (Å²) in [5.41, 5.74) is -3.12. The van der Waals surface area contributed by atoms with Gasteiger partial charge < -0.3 is 0 Å². The van der Waals surface area contributed by atoms with Crippen molar-refractivity contribution in [2.75, 3.05) is 0 Å². The number of rotatable bonds is 4. The Balaban J connectivity index is 0. The second kappa shape index (κ2) is 8.31. The average molecular weight is 364 g/mol. The highest BCUT2D eigenvalue weighted by atomic mass is 19.4. The van der Waals surface area contributed by atoms with Crippen molar-refractivity contribution in [1.29, 1.82) is 0 Å². The molecule has 0 spiro atoms. The molecular formula is C18H34F6. The van der Waals surface area contributed by atoms with E-state index in [1.807, 2.05) is 0 Å². The van der Waals surface area contributed by atoms with Crippen LogP contribution in [0.5, 0.6) is 0 Å². The molecule has 0 saturated carbocycles. The average Bonchev–Trinajstić information content (AvgIpc) is 2.23. The van der Waals surface area contributed by atoms with Gasteiger partial charge >= 0.3 is 12.4 Å². The molecule has 0 bridgehead atoms. The van der Waals surface area contributed by atoms with Gasteiger partial charge in [-0.3, -0.25) is 0 Å². The van der Waals surface area contributed by atoms with E-state index in [4.69, 9.17) is 0 Å². The second-order valence-corrected chi connectivity index (χ2v) is 8.30. The molecule has 0 rings (SSSR count). The predicted molar refractivity (Wildman–Crippen MR) is 87.7 cm³/mol. The summed E-state index contributed by atoms with van der Waals surface area (Å²) in [6.45, 7) is 17.6. The fraction of sp³-hybridized carbons (Fsp3) is 1.00. The van der Waals surface area contributed by atoms with E-state index in [-0.39, 0.29) is 0 Å². The van der Waals surface area contributed by atoms with E-state index in [2.05, 4.69) is 41.5 Å². The molecule has 0 heterocycles. The van der Waals surface area contributed by atoms with Crippen molar-refractivity contribution >= 4 is 0 Å². The van der Waals surface area contributed by atoms with Crippen molar-refractivity contribution in [3.8, 4) is 0 Å². The number of halogens is 6. The van der Waals surface area contributed by atoms with Crippen molar-refractivity contribution in [3.63, 3.8) is 0 Å². The van der Waals surface area contributed by atoms with E-state index >= 15 is 0 Å². The number of alkyl halides is 6. The lowest BCUT2D eigenvalue weighted by Crippen LogP contribution is -2.57. The molecule has 0 radical (unpaired) electrons. The van der Waals surface area contributed by atoms with Crippen LogP contribution in [0.3, 0.4) is 0 Å². The largest absolute Gasteiger partial charge is 0.403 e. The van der Waals surface area contributed by atoms with Gasteiger partial charge in [0.25, 0.3) is 0 Å². The fourth-order valence-electron chi connectivity index (χ4n) is 2.80. The van der Waals surface area contributed by atoms with E-state index in [1.165, 1.54) is 0 Å². The predicted octanol–water partition coefficient (Wildman–Crippen LogP) is 7.73. The van der Waals surface area contributed by atoms with Crippen LogP contribution in [0.25, 0.3) is 0 Å². The van der Waals surface area contributed by atoms with Crippen LogP contribution >= 0.6 is 0 Å². The van der Waals surface area contributed by atoms with Gasteiger partial charge in [0, 0.05) is 0 Å². The highest BCUT2D eigenvalue weighted by Gasteiger charge is 2.73. The lowest BCUT2D eigenvalue weighted by atomic mass is 9.67. The molecular weight excluding hydrogens is 330 g/mol. The summed E-state index contributed by atoms with van der Waals surface area (Å²) in [6.07, 6.45) is -10.6. The van der Waals surface area contributed by atoms with Gasteiger partial charge in [-0.05, 0) is 29.1 Å². The first kappa shape index (κ1) is 25.8. The molecule has 0 aromatic heterocycles. The van der Waals surface area contributed by atoms with Crippen LogP contribution in [0.2, 0.25) is 0 Å². The summed E-state index contributed by atoms with van der Waals surface area (Å²) in [5.74, 6) is -1.51. The molecule has 0 aromatic carbocycles.